The summed E-state index contributed by atoms with van der Waals surface area (Å²) in [4.78, 5) is 0. The van der Waals surface area contributed by atoms with Gasteiger partial charge >= 0.3 is 0 Å². The highest BCUT2D eigenvalue weighted by Gasteiger charge is 2.45. The van der Waals surface area contributed by atoms with Crippen LogP contribution in [0.1, 0.15) is 12.5 Å². The molecule has 1 aromatic carbocycles. The van der Waals surface area contributed by atoms with Crippen LogP contribution in [0.4, 0.5) is 4.39 Å². The van der Waals surface area contributed by atoms with E-state index in [1.165, 1.54) is 7.11 Å². The van der Waals surface area contributed by atoms with Crippen molar-refractivity contribution in [3.63, 3.8) is 0 Å². The van der Waals surface area contributed by atoms with Gasteiger partial charge in [0, 0.05) is 7.11 Å². The Balaban J connectivity index is 2.00. The van der Waals surface area contributed by atoms with Gasteiger partial charge in [-0.1, -0.05) is 30.3 Å². The van der Waals surface area contributed by atoms with Crippen molar-refractivity contribution >= 4 is 0 Å². The summed E-state index contributed by atoms with van der Waals surface area (Å²) in [6.45, 7) is 2.08. The highest BCUT2D eigenvalue weighted by atomic mass is 19.1. The molecule has 1 N–H and O–H groups in total. The van der Waals surface area contributed by atoms with Crippen LogP contribution in [0.15, 0.2) is 30.3 Å². The van der Waals surface area contributed by atoms with Crippen molar-refractivity contribution in [2.75, 3.05) is 7.11 Å². The molecule has 106 valence electrons. The van der Waals surface area contributed by atoms with Gasteiger partial charge in [0.15, 0.2) is 12.5 Å². The fraction of sp³-hybridized carbons (Fsp3) is 0.571. The third kappa shape index (κ3) is 3.30. The first-order valence-electron chi connectivity index (χ1n) is 6.29. The van der Waals surface area contributed by atoms with Crippen molar-refractivity contribution in [2.45, 2.75) is 44.3 Å². The fourth-order valence-electron chi connectivity index (χ4n) is 2.24. The Morgan fingerprint density at radius 2 is 1.95 bits per heavy atom. The molecule has 1 aliphatic rings. The number of alkyl halides is 1. The molecule has 0 spiro atoms. The maximum atomic E-state index is 13.8. The quantitative estimate of drug-likeness (QED) is 0.904. The Labute approximate surface area is 112 Å². The summed E-state index contributed by atoms with van der Waals surface area (Å²) in [7, 11) is 1.40. The molecule has 0 bridgehead atoms. The van der Waals surface area contributed by atoms with Gasteiger partial charge in [0.25, 0.3) is 0 Å². The molecule has 19 heavy (non-hydrogen) atoms. The molecule has 0 amide bonds. The lowest BCUT2D eigenvalue weighted by Gasteiger charge is -2.39. The van der Waals surface area contributed by atoms with Gasteiger partial charge in [-0.3, -0.25) is 0 Å². The van der Waals surface area contributed by atoms with Crippen molar-refractivity contribution in [1.29, 1.82) is 0 Å². The van der Waals surface area contributed by atoms with Gasteiger partial charge < -0.3 is 19.3 Å². The lowest BCUT2D eigenvalue weighted by atomic mass is 10.0. The number of ether oxygens (including phenoxy) is 3. The zero-order valence-corrected chi connectivity index (χ0v) is 11.0. The summed E-state index contributed by atoms with van der Waals surface area (Å²) in [5, 5.41) is 9.42. The summed E-state index contributed by atoms with van der Waals surface area (Å²) in [5.74, 6) is 0. The second-order valence-electron chi connectivity index (χ2n) is 4.64. The van der Waals surface area contributed by atoms with Crippen molar-refractivity contribution < 1.29 is 23.7 Å². The standard InChI is InChI=1S/C14H19FO4/c1-9-12(13(17-2)11(15)14(16)19-9)18-8-10-6-4-3-5-7-10/h3-7,9,11-14,16H,8H2,1-2H3/t9-,11-,12+,13-,14+/m1/s1. The first kappa shape index (κ1) is 14.4. The Hall–Kier alpha value is -1.01. The largest absolute Gasteiger partial charge is 0.375 e. The van der Waals surface area contributed by atoms with Crippen LogP contribution in [0, 0.1) is 0 Å². The molecule has 0 aliphatic carbocycles. The summed E-state index contributed by atoms with van der Waals surface area (Å²) in [6.07, 6.45) is -4.89. The van der Waals surface area contributed by atoms with Crippen LogP contribution in [-0.2, 0) is 20.8 Å². The van der Waals surface area contributed by atoms with Crippen molar-refractivity contribution in [3.05, 3.63) is 35.9 Å². The number of hydrogen-bond donors (Lipinski definition) is 1. The van der Waals surface area contributed by atoms with Crippen LogP contribution in [0.2, 0.25) is 0 Å². The predicted octanol–water partition coefficient (Wildman–Crippen LogP) is 1.66. The van der Waals surface area contributed by atoms with Gasteiger partial charge in [0.2, 0.25) is 0 Å². The van der Waals surface area contributed by atoms with E-state index in [0.29, 0.717) is 6.61 Å². The average molecular weight is 270 g/mol. The number of methoxy groups -OCH3 is 1. The molecule has 0 unspecified atom stereocenters. The number of benzene rings is 1. The molecule has 1 aliphatic heterocycles. The zero-order valence-electron chi connectivity index (χ0n) is 11.0. The molecule has 2 rings (SSSR count). The van der Waals surface area contributed by atoms with Crippen molar-refractivity contribution in [3.8, 4) is 0 Å². The Morgan fingerprint density at radius 3 is 2.58 bits per heavy atom. The third-order valence-electron chi connectivity index (χ3n) is 3.28. The summed E-state index contributed by atoms with van der Waals surface area (Å²) in [6, 6.07) is 9.60. The smallest absolute Gasteiger partial charge is 0.189 e. The zero-order chi connectivity index (χ0) is 13.8. The first-order valence-corrected chi connectivity index (χ1v) is 6.29. The average Bonchev–Trinajstić information content (AvgIpc) is 2.42. The molecule has 0 saturated carbocycles. The number of hydrogen-bond acceptors (Lipinski definition) is 4. The lowest BCUT2D eigenvalue weighted by molar-refractivity contribution is -0.276. The highest BCUT2D eigenvalue weighted by molar-refractivity contribution is 5.13. The number of halogens is 1. The molecule has 0 radical (unpaired) electrons. The van der Waals surface area contributed by atoms with Crippen LogP contribution < -0.4 is 0 Å². The van der Waals surface area contributed by atoms with E-state index in [0.717, 1.165) is 5.56 Å². The minimum absolute atomic E-state index is 0.349. The van der Waals surface area contributed by atoms with E-state index >= 15 is 0 Å². The van der Waals surface area contributed by atoms with Crippen molar-refractivity contribution in [2.24, 2.45) is 0 Å². The number of rotatable bonds is 4. The van der Waals surface area contributed by atoms with Crippen LogP contribution in [0.3, 0.4) is 0 Å². The predicted molar refractivity (Wildman–Crippen MR) is 67.3 cm³/mol. The first-order chi connectivity index (χ1) is 9.13. The van der Waals surface area contributed by atoms with Gasteiger partial charge in [0.05, 0.1) is 12.7 Å². The Morgan fingerprint density at radius 1 is 1.26 bits per heavy atom. The molecule has 1 aromatic rings. The second-order valence-corrected chi connectivity index (χ2v) is 4.64. The molecule has 1 fully saturated rings. The van der Waals surface area contributed by atoms with E-state index in [2.05, 4.69) is 0 Å². The molecular weight excluding hydrogens is 251 g/mol. The SMILES string of the molecule is CO[C@@H]1[C@@H](F)[C@@H](O)O[C@H](C)[C@@H]1OCc1ccccc1. The Kier molecular flexibility index (Phi) is 4.87. The maximum Gasteiger partial charge on any atom is 0.189 e. The van der Waals surface area contributed by atoms with Gasteiger partial charge in [0.1, 0.15) is 12.2 Å². The van der Waals surface area contributed by atoms with E-state index in [-0.39, 0.29) is 0 Å². The highest BCUT2D eigenvalue weighted by Crippen LogP contribution is 2.27. The monoisotopic (exact) mass is 270 g/mol. The fourth-order valence-corrected chi connectivity index (χ4v) is 2.24. The molecular formula is C14H19FO4. The minimum atomic E-state index is -1.61. The normalized spacial score (nSPS) is 35.3. The molecule has 1 saturated heterocycles. The van der Waals surface area contributed by atoms with Crippen LogP contribution in [-0.4, -0.2) is 43.0 Å². The minimum Gasteiger partial charge on any atom is -0.375 e. The van der Waals surface area contributed by atoms with Gasteiger partial charge in [-0.05, 0) is 12.5 Å². The van der Waals surface area contributed by atoms with E-state index in [4.69, 9.17) is 14.2 Å². The lowest BCUT2D eigenvalue weighted by Crippen LogP contribution is -2.56. The summed E-state index contributed by atoms with van der Waals surface area (Å²) < 4.78 is 29.7. The van der Waals surface area contributed by atoms with E-state index in [9.17, 15) is 9.50 Å². The van der Waals surface area contributed by atoms with E-state index < -0.39 is 30.8 Å². The molecule has 0 aromatic heterocycles. The van der Waals surface area contributed by atoms with E-state index in [1.54, 1.807) is 6.92 Å². The van der Waals surface area contributed by atoms with Crippen LogP contribution >= 0.6 is 0 Å². The molecule has 1 heterocycles. The summed E-state index contributed by atoms with van der Waals surface area (Å²) >= 11 is 0. The summed E-state index contributed by atoms with van der Waals surface area (Å²) in [5.41, 5.74) is 0.992. The molecule has 5 atom stereocenters. The topological polar surface area (TPSA) is 47.9 Å². The third-order valence-corrected chi connectivity index (χ3v) is 3.28. The number of aliphatic hydroxyl groups is 1. The van der Waals surface area contributed by atoms with Gasteiger partial charge in [-0.25, -0.2) is 4.39 Å². The van der Waals surface area contributed by atoms with Gasteiger partial charge in [-0.15, -0.1) is 0 Å². The van der Waals surface area contributed by atoms with E-state index in [1.807, 2.05) is 30.3 Å². The Bertz CT molecular complexity index is 386. The maximum absolute atomic E-state index is 13.8. The van der Waals surface area contributed by atoms with Gasteiger partial charge in [-0.2, -0.15) is 0 Å². The molecule has 5 heteroatoms. The van der Waals surface area contributed by atoms with Crippen LogP contribution in [0.5, 0.6) is 0 Å². The van der Waals surface area contributed by atoms with Crippen LogP contribution in [0.25, 0.3) is 0 Å². The molecule has 4 nitrogen and oxygen atoms in total. The van der Waals surface area contributed by atoms with Crippen molar-refractivity contribution in [1.82, 2.24) is 0 Å². The second kappa shape index (κ2) is 6.43. The number of aliphatic hydroxyl groups excluding tert-OH is 1.